The maximum atomic E-state index is 3.44. The van der Waals surface area contributed by atoms with Crippen LogP contribution >= 0.6 is 11.8 Å². The molecule has 0 spiro atoms. The van der Waals surface area contributed by atoms with Gasteiger partial charge in [0.2, 0.25) is 0 Å². The zero-order valence-electron chi connectivity index (χ0n) is 11.8. The van der Waals surface area contributed by atoms with Crippen LogP contribution in [0.25, 0.3) is 0 Å². The highest BCUT2D eigenvalue weighted by atomic mass is 32.2. The lowest BCUT2D eigenvalue weighted by Gasteiger charge is -2.15. The first-order valence-corrected chi connectivity index (χ1v) is 8.20. The van der Waals surface area contributed by atoms with E-state index in [1.165, 1.54) is 49.2 Å². The van der Waals surface area contributed by atoms with Crippen molar-refractivity contribution >= 4 is 11.8 Å². The van der Waals surface area contributed by atoms with Crippen molar-refractivity contribution in [3.63, 3.8) is 0 Å². The fraction of sp³-hybridized carbons (Fsp3) is 0.625. The Kier molecular flexibility index (Phi) is 9.05. The first-order valence-electron chi connectivity index (χ1n) is 7.22. The van der Waals surface area contributed by atoms with Gasteiger partial charge in [-0.25, -0.2) is 0 Å². The Labute approximate surface area is 117 Å². The summed E-state index contributed by atoms with van der Waals surface area (Å²) in [6.07, 6.45) is 8.18. The fourth-order valence-corrected chi connectivity index (χ4v) is 3.10. The van der Waals surface area contributed by atoms with Gasteiger partial charge in [0.15, 0.2) is 0 Å². The topological polar surface area (TPSA) is 12.0 Å². The largest absolute Gasteiger partial charge is 0.316 e. The summed E-state index contributed by atoms with van der Waals surface area (Å²) in [7, 11) is 2.09. The molecule has 1 rings (SSSR count). The summed E-state index contributed by atoms with van der Waals surface area (Å²) in [6.45, 7) is 2.27. The quantitative estimate of drug-likeness (QED) is 0.485. The number of rotatable bonds is 10. The highest BCUT2D eigenvalue weighted by Gasteiger charge is 2.06. The van der Waals surface area contributed by atoms with Gasteiger partial charge < -0.3 is 5.32 Å². The zero-order valence-corrected chi connectivity index (χ0v) is 12.6. The molecule has 0 aromatic heterocycles. The van der Waals surface area contributed by atoms with Crippen molar-refractivity contribution in [1.82, 2.24) is 5.32 Å². The van der Waals surface area contributed by atoms with Crippen LogP contribution < -0.4 is 5.32 Å². The molecule has 0 fully saturated rings. The lowest BCUT2D eigenvalue weighted by Crippen LogP contribution is -2.27. The van der Waals surface area contributed by atoms with Crippen LogP contribution in [-0.2, 0) is 0 Å². The van der Waals surface area contributed by atoms with Gasteiger partial charge in [0.05, 0.1) is 0 Å². The SMILES string of the molecule is CCCCCCCC(CSc1ccccc1)NC. The minimum Gasteiger partial charge on any atom is -0.316 e. The van der Waals surface area contributed by atoms with E-state index in [9.17, 15) is 0 Å². The van der Waals surface area contributed by atoms with Crippen molar-refractivity contribution in [1.29, 1.82) is 0 Å². The first-order chi connectivity index (χ1) is 8.86. The standard InChI is InChI=1S/C16H27NS/c1-3-4-5-6-8-11-15(17-2)14-18-16-12-9-7-10-13-16/h7,9-10,12-13,15,17H,3-6,8,11,14H2,1-2H3. The normalized spacial score (nSPS) is 12.6. The van der Waals surface area contributed by atoms with Gasteiger partial charge >= 0.3 is 0 Å². The fourth-order valence-electron chi connectivity index (χ4n) is 2.02. The van der Waals surface area contributed by atoms with Gasteiger partial charge in [-0.15, -0.1) is 11.8 Å². The first kappa shape index (κ1) is 15.6. The Balaban J connectivity index is 2.13. The average molecular weight is 265 g/mol. The second-order valence-electron chi connectivity index (χ2n) is 4.81. The Morgan fingerprint density at radius 1 is 1.06 bits per heavy atom. The highest BCUT2D eigenvalue weighted by molar-refractivity contribution is 7.99. The smallest absolute Gasteiger partial charge is 0.0158 e. The summed E-state index contributed by atoms with van der Waals surface area (Å²) in [5.41, 5.74) is 0. The van der Waals surface area contributed by atoms with Crippen molar-refractivity contribution in [2.45, 2.75) is 56.4 Å². The Morgan fingerprint density at radius 2 is 1.78 bits per heavy atom. The van der Waals surface area contributed by atoms with E-state index in [0.717, 1.165) is 0 Å². The molecule has 1 aromatic rings. The summed E-state index contributed by atoms with van der Waals surface area (Å²) >= 11 is 1.96. The number of benzene rings is 1. The van der Waals surface area contributed by atoms with E-state index in [4.69, 9.17) is 0 Å². The van der Waals surface area contributed by atoms with Gasteiger partial charge in [-0.1, -0.05) is 57.2 Å². The van der Waals surface area contributed by atoms with Crippen LogP contribution in [0.5, 0.6) is 0 Å². The summed E-state index contributed by atoms with van der Waals surface area (Å²) in [5.74, 6) is 1.17. The minimum atomic E-state index is 0.650. The Morgan fingerprint density at radius 3 is 2.44 bits per heavy atom. The molecule has 0 aliphatic rings. The van der Waals surface area contributed by atoms with E-state index < -0.39 is 0 Å². The van der Waals surface area contributed by atoms with E-state index >= 15 is 0 Å². The predicted octanol–water partition coefficient (Wildman–Crippen LogP) is 4.73. The second-order valence-corrected chi connectivity index (χ2v) is 5.91. The van der Waals surface area contributed by atoms with E-state index in [1.807, 2.05) is 11.8 Å². The Hall–Kier alpha value is -0.470. The molecule has 0 heterocycles. The third-order valence-corrected chi connectivity index (χ3v) is 4.43. The lowest BCUT2D eigenvalue weighted by molar-refractivity contribution is 0.518. The molecule has 1 nitrogen and oxygen atoms in total. The number of nitrogens with one attached hydrogen (secondary N) is 1. The van der Waals surface area contributed by atoms with Crippen LogP contribution in [0.3, 0.4) is 0 Å². The third kappa shape index (κ3) is 7.07. The molecule has 0 aliphatic heterocycles. The molecule has 102 valence electrons. The van der Waals surface area contributed by atoms with Gasteiger partial charge in [0.1, 0.15) is 0 Å². The maximum Gasteiger partial charge on any atom is 0.0158 e. The van der Waals surface area contributed by atoms with E-state index in [0.29, 0.717) is 6.04 Å². The third-order valence-electron chi connectivity index (χ3n) is 3.26. The molecule has 0 amide bonds. The lowest BCUT2D eigenvalue weighted by atomic mass is 10.1. The molecule has 1 N–H and O–H groups in total. The molecule has 2 heteroatoms. The molecule has 0 aliphatic carbocycles. The second kappa shape index (κ2) is 10.5. The van der Waals surface area contributed by atoms with Crippen LogP contribution in [0, 0.1) is 0 Å². The summed E-state index contributed by atoms with van der Waals surface area (Å²) in [5, 5.41) is 3.44. The number of unbranched alkanes of at least 4 members (excludes halogenated alkanes) is 4. The van der Waals surface area contributed by atoms with Crippen LogP contribution in [0.4, 0.5) is 0 Å². The number of hydrogen-bond donors (Lipinski definition) is 1. The van der Waals surface area contributed by atoms with Crippen LogP contribution in [0.2, 0.25) is 0 Å². The molecule has 0 bridgehead atoms. The van der Waals surface area contributed by atoms with Gasteiger partial charge in [-0.05, 0) is 25.6 Å². The zero-order chi connectivity index (χ0) is 13.1. The molecular weight excluding hydrogens is 238 g/mol. The molecule has 18 heavy (non-hydrogen) atoms. The van der Waals surface area contributed by atoms with Crippen molar-refractivity contribution in [2.24, 2.45) is 0 Å². The van der Waals surface area contributed by atoms with Crippen molar-refractivity contribution in [2.75, 3.05) is 12.8 Å². The van der Waals surface area contributed by atoms with Crippen molar-refractivity contribution in [3.8, 4) is 0 Å². The summed E-state index contributed by atoms with van der Waals surface area (Å²) < 4.78 is 0. The van der Waals surface area contributed by atoms with Gasteiger partial charge in [-0.3, -0.25) is 0 Å². The molecule has 1 aromatic carbocycles. The number of hydrogen-bond acceptors (Lipinski definition) is 2. The van der Waals surface area contributed by atoms with Gasteiger partial charge in [0, 0.05) is 16.7 Å². The summed E-state index contributed by atoms with van der Waals surface area (Å²) in [4.78, 5) is 1.38. The van der Waals surface area contributed by atoms with E-state index in [1.54, 1.807) is 0 Å². The predicted molar refractivity (Wildman–Crippen MR) is 83.4 cm³/mol. The van der Waals surface area contributed by atoms with Gasteiger partial charge in [0.25, 0.3) is 0 Å². The molecule has 1 unspecified atom stereocenters. The molecular formula is C16H27NS. The Bertz CT molecular complexity index is 286. The average Bonchev–Trinajstić information content (AvgIpc) is 2.43. The van der Waals surface area contributed by atoms with Crippen LogP contribution in [-0.4, -0.2) is 18.8 Å². The van der Waals surface area contributed by atoms with Crippen LogP contribution in [0.15, 0.2) is 35.2 Å². The van der Waals surface area contributed by atoms with Crippen molar-refractivity contribution in [3.05, 3.63) is 30.3 Å². The van der Waals surface area contributed by atoms with E-state index in [-0.39, 0.29) is 0 Å². The number of thioether (sulfide) groups is 1. The van der Waals surface area contributed by atoms with E-state index in [2.05, 4.69) is 49.6 Å². The summed E-state index contributed by atoms with van der Waals surface area (Å²) in [6, 6.07) is 11.3. The van der Waals surface area contributed by atoms with Crippen LogP contribution in [0.1, 0.15) is 45.4 Å². The molecule has 0 radical (unpaired) electrons. The molecule has 0 saturated carbocycles. The van der Waals surface area contributed by atoms with Gasteiger partial charge in [-0.2, -0.15) is 0 Å². The molecule has 1 atom stereocenters. The monoisotopic (exact) mass is 265 g/mol. The maximum absolute atomic E-state index is 3.44. The molecule has 0 saturated heterocycles. The van der Waals surface area contributed by atoms with Crippen molar-refractivity contribution < 1.29 is 0 Å². The minimum absolute atomic E-state index is 0.650. The highest BCUT2D eigenvalue weighted by Crippen LogP contribution is 2.19.